The summed E-state index contributed by atoms with van der Waals surface area (Å²) >= 11 is 0. The van der Waals surface area contributed by atoms with Crippen LogP contribution in [-0.2, 0) is 32.2 Å². The van der Waals surface area contributed by atoms with Gasteiger partial charge in [0.15, 0.2) is 11.6 Å². The molecule has 4 saturated heterocycles. The predicted octanol–water partition coefficient (Wildman–Crippen LogP) is -0.254. The van der Waals surface area contributed by atoms with E-state index in [-0.39, 0.29) is 43.9 Å². The van der Waals surface area contributed by atoms with Gasteiger partial charge < -0.3 is 30.5 Å². The van der Waals surface area contributed by atoms with Crippen LogP contribution in [0.5, 0.6) is 0 Å². The molecule has 4 aliphatic heterocycles. The Bertz CT molecular complexity index is 1380. The molecule has 3 amide bonds. The van der Waals surface area contributed by atoms with E-state index in [1.165, 1.54) is 6.07 Å². The number of hydrogen-bond acceptors (Lipinski definition) is 8. The molecule has 0 radical (unpaired) electrons. The smallest absolute Gasteiger partial charge is 0.240 e. The minimum atomic E-state index is -1.32. The molecular weight excluding hydrogens is 576 g/mol. The summed E-state index contributed by atoms with van der Waals surface area (Å²) in [5.74, 6) is -2.89. The standard InChI is InChI=1S/C31H37F2N5O6/c32-21-7-6-19(10-22(21)33)15-36-8-9-37-17-24(36)30(42)34-13-26-29(41)28(40)25(44-26)12-27(39)35-20-11-23(31(37)43)38(16-20)14-18-4-2-1-3-5-18/h1-7,10,20,23-26,28-29,40-41H,8-9,11-17H2,(H,34,42)(H,35,39)/t20-,23-,24-,25-,26+,28-,29+/m0/s1. The van der Waals surface area contributed by atoms with E-state index < -0.39 is 54.0 Å². The van der Waals surface area contributed by atoms with Gasteiger partial charge in [-0.1, -0.05) is 36.4 Å². The van der Waals surface area contributed by atoms with E-state index in [2.05, 4.69) is 10.6 Å². The number of amides is 3. The second kappa shape index (κ2) is 12.9. The van der Waals surface area contributed by atoms with Crippen molar-refractivity contribution in [3.05, 3.63) is 71.3 Å². The lowest BCUT2D eigenvalue weighted by atomic mass is 10.0. The average molecular weight is 614 g/mol. The predicted molar refractivity (Wildman–Crippen MR) is 153 cm³/mol. The van der Waals surface area contributed by atoms with E-state index in [4.69, 9.17) is 4.74 Å². The number of ether oxygens (including phenoxy) is 1. The van der Waals surface area contributed by atoms with Crippen LogP contribution in [0.1, 0.15) is 24.0 Å². The summed E-state index contributed by atoms with van der Waals surface area (Å²) in [5, 5.41) is 27.0. The maximum Gasteiger partial charge on any atom is 0.240 e. The monoisotopic (exact) mass is 613 g/mol. The molecule has 4 heterocycles. The molecule has 44 heavy (non-hydrogen) atoms. The number of benzene rings is 2. The molecule has 2 aromatic rings. The number of carbonyl (C=O) groups excluding carboxylic acids is 3. The van der Waals surface area contributed by atoms with Gasteiger partial charge in [0.25, 0.3) is 0 Å². The third kappa shape index (κ3) is 6.47. The summed E-state index contributed by atoms with van der Waals surface area (Å²) in [6.07, 6.45) is -4.37. The van der Waals surface area contributed by atoms with E-state index in [9.17, 15) is 33.4 Å². The molecule has 236 valence electrons. The molecule has 2 aromatic carbocycles. The number of halogens is 2. The Morgan fingerprint density at radius 1 is 0.841 bits per heavy atom. The zero-order valence-electron chi connectivity index (χ0n) is 24.1. The molecule has 0 aliphatic carbocycles. The minimum absolute atomic E-state index is 0.0559. The first kappa shape index (κ1) is 30.5. The molecule has 4 N–H and O–H groups in total. The van der Waals surface area contributed by atoms with E-state index >= 15 is 0 Å². The number of rotatable bonds is 4. The zero-order chi connectivity index (χ0) is 31.0. The fraction of sp³-hybridized carbons (Fsp3) is 0.516. The van der Waals surface area contributed by atoms with Crippen molar-refractivity contribution >= 4 is 17.7 Å². The molecule has 11 nitrogen and oxygen atoms in total. The van der Waals surface area contributed by atoms with Gasteiger partial charge in [-0.15, -0.1) is 0 Å². The fourth-order valence-corrected chi connectivity index (χ4v) is 6.75. The largest absolute Gasteiger partial charge is 0.388 e. The molecular formula is C31H37F2N5O6. The molecule has 7 atom stereocenters. The fourth-order valence-electron chi connectivity index (χ4n) is 6.75. The Hall–Kier alpha value is -3.49. The molecule has 4 aliphatic rings. The van der Waals surface area contributed by atoms with Gasteiger partial charge in [-0.25, -0.2) is 8.78 Å². The van der Waals surface area contributed by atoms with Crippen LogP contribution in [-0.4, -0.2) is 118 Å². The van der Waals surface area contributed by atoms with Crippen molar-refractivity contribution in [1.29, 1.82) is 0 Å². The van der Waals surface area contributed by atoms with Gasteiger partial charge in [-0.2, -0.15) is 0 Å². The van der Waals surface area contributed by atoms with Crippen LogP contribution >= 0.6 is 0 Å². The third-order valence-corrected chi connectivity index (χ3v) is 9.08. The van der Waals surface area contributed by atoms with Crippen LogP contribution in [0.3, 0.4) is 0 Å². The van der Waals surface area contributed by atoms with Gasteiger partial charge in [-0.05, 0) is 29.7 Å². The summed E-state index contributed by atoms with van der Waals surface area (Å²) in [7, 11) is 0. The second-order valence-corrected chi connectivity index (χ2v) is 12.1. The number of aliphatic hydroxyl groups is 2. The lowest BCUT2D eigenvalue weighted by molar-refractivity contribution is -0.142. The highest BCUT2D eigenvalue weighted by Crippen LogP contribution is 2.27. The van der Waals surface area contributed by atoms with Gasteiger partial charge in [0.1, 0.15) is 24.4 Å². The van der Waals surface area contributed by atoms with Gasteiger partial charge in [-0.3, -0.25) is 24.2 Å². The van der Waals surface area contributed by atoms with Crippen LogP contribution in [0.25, 0.3) is 0 Å². The highest BCUT2D eigenvalue weighted by molar-refractivity contribution is 5.86. The van der Waals surface area contributed by atoms with Crippen molar-refractivity contribution in [2.24, 2.45) is 0 Å². The topological polar surface area (TPSA) is 135 Å². The first-order valence-corrected chi connectivity index (χ1v) is 15.0. The molecule has 13 heteroatoms. The minimum Gasteiger partial charge on any atom is -0.388 e. The van der Waals surface area contributed by atoms with Gasteiger partial charge in [0.2, 0.25) is 17.7 Å². The molecule has 0 aromatic heterocycles. The number of aliphatic hydroxyl groups excluding tert-OH is 2. The van der Waals surface area contributed by atoms with E-state index in [0.29, 0.717) is 38.2 Å². The molecule has 0 saturated carbocycles. The lowest BCUT2D eigenvalue weighted by Gasteiger charge is -2.42. The SMILES string of the molecule is O=C1C[C@@H]2O[C@H](CNC(=O)[C@@H]3CN(CCN3Cc3ccc(F)c(F)c3)C(=O)[C@@H]3C[C@@H](CN3Cc3ccccc3)N1)[C@@H](O)[C@H]2O. The molecule has 6 bridgehead atoms. The number of carbonyl (C=O) groups is 3. The normalized spacial score (nSPS) is 32.0. The van der Waals surface area contributed by atoms with Crippen LogP contribution in [0.2, 0.25) is 0 Å². The van der Waals surface area contributed by atoms with E-state index in [0.717, 1.165) is 17.7 Å². The molecule has 6 rings (SSSR count). The number of likely N-dealkylation sites (tertiary alicyclic amines) is 1. The molecule has 0 spiro atoms. The van der Waals surface area contributed by atoms with Crippen LogP contribution < -0.4 is 10.6 Å². The highest BCUT2D eigenvalue weighted by atomic mass is 19.2. The second-order valence-electron chi connectivity index (χ2n) is 12.1. The van der Waals surface area contributed by atoms with Crippen molar-refractivity contribution in [2.45, 2.75) is 68.5 Å². The van der Waals surface area contributed by atoms with Crippen LogP contribution in [0, 0.1) is 11.6 Å². The number of fused-ring (bicyclic) bond motifs is 6. The van der Waals surface area contributed by atoms with Crippen molar-refractivity contribution < 1.29 is 38.1 Å². The van der Waals surface area contributed by atoms with Gasteiger partial charge in [0, 0.05) is 51.9 Å². The lowest BCUT2D eigenvalue weighted by Crippen LogP contribution is -2.62. The number of nitrogens with zero attached hydrogens (tertiary/aromatic N) is 3. The highest BCUT2D eigenvalue weighted by Gasteiger charge is 2.46. The Morgan fingerprint density at radius 2 is 1.59 bits per heavy atom. The average Bonchev–Trinajstić information content (AvgIpc) is 3.52. The number of nitrogens with one attached hydrogen (secondary N) is 2. The van der Waals surface area contributed by atoms with Crippen LogP contribution in [0.15, 0.2) is 48.5 Å². The van der Waals surface area contributed by atoms with Crippen molar-refractivity contribution in [1.82, 2.24) is 25.3 Å². The molecule has 4 fully saturated rings. The quantitative estimate of drug-likeness (QED) is 0.371. The van der Waals surface area contributed by atoms with Crippen molar-refractivity contribution in [3.8, 4) is 0 Å². The first-order chi connectivity index (χ1) is 21.2. The summed E-state index contributed by atoms with van der Waals surface area (Å²) in [6.45, 7) is 1.61. The summed E-state index contributed by atoms with van der Waals surface area (Å²) in [4.78, 5) is 46.2. The molecule has 0 unspecified atom stereocenters. The Morgan fingerprint density at radius 3 is 2.36 bits per heavy atom. The summed E-state index contributed by atoms with van der Waals surface area (Å²) in [5.41, 5.74) is 1.49. The summed E-state index contributed by atoms with van der Waals surface area (Å²) < 4.78 is 33.4. The Labute approximate surface area is 253 Å². The van der Waals surface area contributed by atoms with Crippen molar-refractivity contribution in [3.63, 3.8) is 0 Å². The van der Waals surface area contributed by atoms with Gasteiger partial charge in [0.05, 0.1) is 18.6 Å². The van der Waals surface area contributed by atoms with Crippen LogP contribution in [0.4, 0.5) is 8.78 Å². The van der Waals surface area contributed by atoms with E-state index in [1.807, 2.05) is 40.1 Å². The third-order valence-electron chi connectivity index (χ3n) is 9.08. The van der Waals surface area contributed by atoms with E-state index in [1.54, 1.807) is 4.90 Å². The van der Waals surface area contributed by atoms with Crippen molar-refractivity contribution in [2.75, 3.05) is 32.7 Å². The number of piperazine rings is 1. The maximum atomic E-state index is 14.1. The maximum absolute atomic E-state index is 14.1. The number of hydrogen-bond donors (Lipinski definition) is 4. The summed E-state index contributed by atoms with van der Waals surface area (Å²) in [6, 6.07) is 11.6. The first-order valence-electron chi connectivity index (χ1n) is 15.0. The van der Waals surface area contributed by atoms with Gasteiger partial charge >= 0.3 is 0 Å². The zero-order valence-corrected chi connectivity index (χ0v) is 24.1. The Kier molecular flexibility index (Phi) is 8.92. The Balaban J connectivity index is 1.28.